The third-order valence-corrected chi connectivity index (χ3v) is 5.77. The quantitative estimate of drug-likeness (QED) is 0.525. The first-order valence-corrected chi connectivity index (χ1v) is 9.26. The van der Waals surface area contributed by atoms with E-state index < -0.39 is 0 Å². The SMILES string of the molecule is C[C@H](c1ccc(-n2cncn2)cc1)N(C)C(=O)c1cc2c(F)cccc2s1. The highest BCUT2D eigenvalue weighted by molar-refractivity contribution is 7.20. The Morgan fingerprint density at radius 2 is 2.00 bits per heavy atom. The van der Waals surface area contributed by atoms with Crippen molar-refractivity contribution < 1.29 is 9.18 Å². The van der Waals surface area contributed by atoms with Gasteiger partial charge in [-0.2, -0.15) is 5.10 Å². The fourth-order valence-electron chi connectivity index (χ4n) is 2.95. The Balaban J connectivity index is 1.56. The third-order valence-electron chi connectivity index (χ3n) is 4.68. The minimum absolute atomic E-state index is 0.122. The van der Waals surface area contributed by atoms with Gasteiger partial charge in [-0.3, -0.25) is 4.79 Å². The average Bonchev–Trinajstić information content (AvgIpc) is 3.37. The summed E-state index contributed by atoms with van der Waals surface area (Å²) < 4.78 is 16.4. The zero-order valence-electron chi connectivity index (χ0n) is 14.8. The molecule has 0 radical (unpaired) electrons. The predicted octanol–water partition coefficient (Wildman–Crippen LogP) is 4.45. The van der Waals surface area contributed by atoms with Crippen LogP contribution in [-0.2, 0) is 0 Å². The van der Waals surface area contributed by atoms with E-state index in [1.54, 1.807) is 35.1 Å². The molecule has 0 aliphatic heterocycles. The van der Waals surface area contributed by atoms with E-state index in [0.29, 0.717) is 10.3 Å². The van der Waals surface area contributed by atoms with E-state index in [9.17, 15) is 9.18 Å². The van der Waals surface area contributed by atoms with Gasteiger partial charge in [0.1, 0.15) is 18.5 Å². The smallest absolute Gasteiger partial charge is 0.264 e. The Labute approximate surface area is 159 Å². The Bertz CT molecular complexity index is 1090. The highest BCUT2D eigenvalue weighted by Crippen LogP contribution is 2.30. The molecule has 2 aromatic heterocycles. The summed E-state index contributed by atoms with van der Waals surface area (Å²) in [6.07, 6.45) is 3.12. The summed E-state index contributed by atoms with van der Waals surface area (Å²) in [5, 5.41) is 4.59. The lowest BCUT2D eigenvalue weighted by molar-refractivity contribution is 0.0747. The number of halogens is 1. The first-order valence-electron chi connectivity index (χ1n) is 8.45. The molecule has 2 heterocycles. The highest BCUT2D eigenvalue weighted by atomic mass is 32.1. The maximum atomic E-state index is 13.9. The van der Waals surface area contributed by atoms with E-state index in [1.165, 1.54) is 23.7 Å². The molecule has 1 amide bonds. The molecule has 0 aliphatic carbocycles. The van der Waals surface area contributed by atoms with Crippen molar-refractivity contribution >= 4 is 27.3 Å². The fourth-order valence-corrected chi connectivity index (χ4v) is 4.01. The molecule has 7 heteroatoms. The van der Waals surface area contributed by atoms with Gasteiger partial charge in [0.05, 0.1) is 16.6 Å². The van der Waals surface area contributed by atoms with Crippen LogP contribution in [-0.4, -0.2) is 32.6 Å². The Kier molecular flexibility index (Phi) is 4.45. The second-order valence-electron chi connectivity index (χ2n) is 6.29. The van der Waals surface area contributed by atoms with Gasteiger partial charge in [-0.25, -0.2) is 14.1 Å². The molecule has 0 saturated carbocycles. The maximum absolute atomic E-state index is 13.9. The topological polar surface area (TPSA) is 51.0 Å². The molecule has 5 nitrogen and oxygen atoms in total. The number of nitrogens with zero attached hydrogens (tertiary/aromatic N) is 4. The molecule has 136 valence electrons. The van der Waals surface area contributed by atoms with Crippen molar-refractivity contribution in [1.29, 1.82) is 0 Å². The van der Waals surface area contributed by atoms with E-state index in [4.69, 9.17) is 0 Å². The highest BCUT2D eigenvalue weighted by Gasteiger charge is 2.21. The molecule has 0 saturated heterocycles. The lowest BCUT2D eigenvalue weighted by Gasteiger charge is -2.25. The summed E-state index contributed by atoms with van der Waals surface area (Å²) in [6.45, 7) is 1.97. The average molecular weight is 380 g/mol. The number of thiophene rings is 1. The number of amides is 1. The van der Waals surface area contributed by atoms with Crippen LogP contribution >= 0.6 is 11.3 Å². The number of carbonyl (C=O) groups excluding carboxylic acids is 1. The number of aromatic nitrogens is 3. The van der Waals surface area contributed by atoms with Crippen LogP contribution in [0.15, 0.2) is 61.2 Å². The van der Waals surface area contributed by atoms with Crippen LogP contribution in [0.4, 0.5) is 4.39 Å². The van der Waals surface area contributed by atoms with E-state index in [-0.39, 0.29) is 17.8 Å². The largest absolute Gasteiger partial charge is 0.334 e. The van der Waals surface area contributed by atoms with Gasteiger partial charge >= 0.3 is 0 Å². The number of benzene rings is 2. The van der Waals surface area contributed by atoms with Gasteiger partial charge in [0.25, 0.3) is 5.91 Å². The number of hydrogen-bond acceptors (Lipinski definition) is 4. The molecule has 2 aromatic carbocycles. The van der Waals surface area contributed by atoms with E-state index in [2.05, 4.69) is 10.1 Å². The van der Waals surface area contributed by atoms with Crippen LogP contribution in [0, 0.1) is 5.82 Å². The van der Waals surface area contributed by atoms with Crippen molar-refractivity contribution in [2.45, 2.75) is 13.0 Å². The van der Waals surface area contributed by atoms with Gasteiger partial charge in [-0.1, -0.05) is 18.2 Å². The molecule has 1 atom stereocenters. The first-order chi connectivity index (χ1) is 13.0. The summed E-state index contributed by atoms with van der Waals surface area (Å²) in [6, 6.07) is 14.2. The Morgan fingerprint density at radius 1 is 1.22 bits per heavy atom. The number of hydrogen-bond donors (Lipinski definition) is 0. The van der Waals surface area contributed by atoms with Crippen LogP contribution in [0.25, 0.3) is 15.8 Å². The molecular weight excluding hydrogens is 363 g/mol. The van der Waals surface area contributed by atoms with E-state index in [1.807, 2.05) is 37.3 Å². The van der Waals surface area contributed by atoms with Gasteiger partial charge in [0.2, 0.25) is 0 Å². The fraction of sp³-hybridized carbons (Fsp3) is 0.150. The van der Waals surface area contributed by atoms with Crippen LogP contribution in [0.3, 0.4) is 0 Å². The monoisotopic (exact) mass is 380 g/mol. The van der Waals surface area contributed by atoms with Crippen molar-refractivity contribution in [3.8, 4) is 5.69 Å². The molecule has 0 N–H and O–H groups in total. The number of fused-ring (bicyclic) bond motifs is 1. The molecule has 0 bridgehead atoms. The summed E-state index contributed by atoms with van der Waals surface area (Å²) >= 11 is 1.31. The van der Waals surface area contributed by atoms with Gasteiger partial charge in [0, 0.05) is 17.1 Å². The molecule has 0 spiro atoms. The molecule has 0 unspecified atom stereocenters. The summed E-state index contributed by atoms with van der Waals surface area (Å²) in [5.41, 5.74) is 1.90. The minimum Gasteiger partial charge on any atom is -0.334 e. The van der Waals surface area contributed by atoms with E-state index in [0.717, 1.165) is 16.0 Å². The van der Waals surface area contributed by atoms with Crippen molar-refractivity contribution in [3.05, 3.63) is 77.4 Å². The first kappa shape index (κ1) is 17.4. The second-order valence-corrected chi connectivity index (χ2v) is 7.37. The van der Waals surface area contributed by atoms with Gasteiger partial charge in [0.15, 0.2) is 0 Å². The Morgan fingerprint density at radius 3 is 2.67 bits per heavy atom. The standard InChI is InChI=1S/C20H17FN4OS/c1-13(14-6-8-15(9-7-14)25-12-22-11-23-25)24(2)20(26)19-10-16-17(21)4-3-5-18(16)27-19/h3-13H,1-2H3/t13-/m1/s1. The normalized spacial score (nSPS) is 12.3. The van der Waals surface area contributed by atoms with Gasteiger partial charge in [-0.05, 0) is 42.8 Å². The molecule has 4 rings (SSSR count). The van der Waals surface area contributed by atoms with Crippen LogP contribution in [0.1, 0.15) is 28.2 Å². The van der Waals surface area contributed by atoms with Crippen molar-refractivity contribution in [2.24, 2.45) is 0 Å². The summed E-state index contributed by atoms with van der Waals surface area (Å²) in [7, 11) is 1.76. The zero-order valence-corrected chi connectivity index (χ0v) is 15.7. The summed E-state index contributed by atoms with van der Waals surface area (Å²) in [4.78, 5) is 19.0. The molecular formula is C20H17FN4OS. The predicted molar refractivity (Wildman–Crippen MR) is 104 cm³/mol. The van der Waals surface area contributed by atoms with Crippen molar-refractivity contribution in [2.75, 3.05) is 7.05 Å². The lowest BCUT2D eigenvalue weighted by Crippen LogP contribution is -2.29. The number of rotatable bonds is 4. The zero-order chi connectivity index (χ0) is 19.0. The van der Waals surface area contributed by atoms with Crippen molar-refractivity contribution in [1.82, 2.24) is 19.7 Å². The Hall–Kier alpha value is -3.06. The molecule has 0 fully saturated rings. The summed E-state index contributed by atoms with van der Waals surface area (Å²) in [5.74, 6) is -0.425. The molecule has 4 aromatic rings. The molecule has 0 aliphatic rings. The number of carbonyl (C=O) groups is 1. The van der Waals surface area contributed by atoms with Crippen LogP contribution in [0.2, 0.25) is 0 Å². The second kappa shape index (κ2) is 6.92. The lowest BCUT2D eigenvalue weighted by atomic mass is 10.1. The van der Waals surface area contributed by atoms with Crippen LogP contribution < -0.4 is 0 Å². The van der Waals surface area contributed by atoms with Gasteiger partial charge < -0.3 is 4.90 Å². The molecule has 27 heavy (non-hydrogen) atoms. The minimum atomic E-state index is -0.304. The van der Waals surface area contributed by atoms with Crippen molar-refractivity contribution in [3.63, 3.8) is 0 Å². The van der Waals surface area contributed by atoms with Gasteiger partial charge in [-0.15, -0.1) is 11.3 Å². The van der Waals surface area contributed by atoms with E-state index >= 15 is 0 Å². The van der Waals surface area contributed by atoms with Crippen LogP contribution in [0.5, 0.6) is 0 Å². The maximum Gasteiger partial charge on any atom is 0.264 e. The third kappa shape index (κ3) is 3.21.